The second-order valence-corrected chi connectivity index (χ2v) is 6.35. The molecule has 2 amide bonds. The van der Waals surface area contributed by atoms with Crippen molar-refractivity contribution in [2.45, 2.75) is 32.9 Å². The number of nitrogens with zero attached hydrogens (tertiary/aromatic N) is 1. The predicted octanol–water partition coefficient (Wildman–Crippen LogP) is 2.32. The Kier molecular flexibility index (Phi) is 6.65. The minimum atomic E-state index is -0.488. The second kappa shape index (κ2) is 8.94. The normalized spacial score (nSPS) is 11.8. The van der Waals surface area contributed by atoms with Crippen LogP contribution in [0.4, 0.5) is 5.69 Å². The number of rotatable bonds is 7. The summed E-state index contributed by atoms with van der Waals surface area (Å²) in [5.74, 6) is 0.0138. The van der Waals surface area contributed by atoms with Crippen LogP contribution in [0.15, 0.2) is 48.8 Å². The van der Waals surface area contributed by atoms with Crippen LogP contribution < -0.4 is 16.4 Å². The molecule has 2 aromatic rings. The highest BCUT2D eigenvalue weighted by Gasteiger charge is 2.14. The van der Waals surface area contributed by atoms with Crippen molar-refractivity contribution in [2.75, 3.05) is 5.32 Å². The van der Waals surface area contributed by atoms with Crippen molar-refractivity contribution >= 4 is 17.5 Å². The number of nitrogens with two attached hydrogens (primary N) is 1. The maximum Gasteiger partial charge on any atom is 0.257 e. The zero-order valence-corrected chi connectivity index (χ0v) is 14.5. The lowest BCUT2D eigenvalue weighted by atomic mass is 10.0. The van der Waals surface area contributed by atoms with E-state index >= 15 is 0 Å². The van der Waals surface area contributed by atoms with E-state index < -0.39 is 6.04 Å². The minimum Gasteiger partial charge on any atom is -0.351 e. The summed E-state index contributed by atoms with van der Waals surface area (Å²) in [5.41, 5.74) is 7.97. The molecule has 1 atom stereocenters. The SMILES string of the molecule is CC(C)C[C@H](N)C(=O)NCc1ccc(NC(=O)c2cccnc2)cc1. The third kappa shape index (κ3) is 6.00. The Morgan fingerprint density at radius 2 is 1.88 bits per heavy atom. The molecule has 0 unspecified atom stereocenters. The van der Waals surface area contributed by atoms with Gasteiger partial charge in [0.1, 0.15) is 0 Å². The molecule has 0 aliphatic heterocycles. The number of carbonyl (C=O) groups excluding carboxylic acids is 2. The van der Waals surface area contributed by atoms with Gasteiger partial charge in [0.2, 0.25) is 5.91 Å². The number of hydrogen-bond acceptors (Lipinski definition) is 4. The van der Waals surface area contributed by atoms with Gasteiger partial charge in [-0.15, -0.1) is 0 Å². The van der Waals surface area contributed by atoms with Crippen molar-refractivity contribution in [1.29, 1.82) is 0 Å². The first kappa shape index (κ1) is 18.6. The average molecular weight is 340 g/mol. The third-order valence-electron chi connectivity index (χ3n) is 3.66. The first-order valence-corrected chi connectivity index (χ1v) is 8.29. The molecule has 0 aliphatic rings. The van der Waals surface area contributed by atoms with Crippen molar-refractivity contribution < 1.29 is 9.59 Å². The zero-order valence-electron chi connectivity index (χ0n) is 14.5. The predicted molar refractivity (Wildman–Crippen MR) is 97.9 cm³/mol. The Balaban J connectivity index is 1.85. The third-order valence-corrected chi connectivity index (χ3v) is 3.66. The van der Waals surface area contributed by atoms with Gasteiger partial charge in [-0.3, -0.25) is 14.6 Å². The van der Waals surface area contributed by atoms with Crippen molar-refractivity contribution in [3.63, 3.8) is 0 Å². The number of benzene rings is 1. The number of aromatic nitrogens is 1. The van der Waals surface area contributed by atoms with Crippen molar-refractivity contribution in [3.05, 3.63) is 59.9 Å². The standard InChI is InChI=1S/C19H24N4O2/c1-13(2)10-17(20)19(25)22-11-14-5-7-16(8-6-14)23-18(24)15-4-3-9-21-12-15/h3-9,12-13,17H,10-11,20H2,1-2H3,(H,22,25)(H,23,24)/t17-/m0/s1. The summed E-state index contributed by atoms with van der Waals surface area (Å²) in [6.07, 6.45) is 3.79. The van der Waals surface area contributed by atoms with Crippen LogP contribution in [0.25, 0.3) is 0 Å². The van der Waals surface area contributed by atoms with Gasteiger partial charge < -0.3 is 16.4 Å². The maximum atomic E-state index is 12.1. The monoisotopic (exact) mass is 340 g/mol. The summed E-state index contributed by atoms with van der Waals surface area (Å²) in [6.45, 7) is 4.47. The van der Waals surface area contributed by atoms with Crippen LogP contribution in [0.2, 0.25) is 0 Å². The van der Waals surface area contributed by atoms with Gasteiger partial charge in [0, 0.05) is 24.6 Å². The van der Waals surface area contributed by atoms with E-state index in [0.29, 0.717) is 30.1 Å². The van der Waals surface area contributed by atoms with E-state index in [1.54, 1.807) is 30.5 Å². The number of hydrogen-bond donors (Lipinski definition) is 3. The number of carbonyl (C=O) groups is 2. The molecule has 0 fully saturated rings. The molecule has 25 heavy (non-hydrogen) atoms. The van der Waals surface area contributed by atoms with Crippen LogP contribution in [-0.2, 0) is 11.3 Å². The van der Waals surface area contributed by atoms with Gasteiger partial charge in [0.25, 0.3) is 5.91 Å². The van der Waals surface area contributed by atoms with Crippen LogP contribution in [-0.4, -0.2) is 22.8 Å². The van der Waals surface area contributed by atoms with Crippen molar-refractivity contribution in [2.24, 2.45) is 11.7 Å². The minimum absolute atomic E-state index is 0.150. The number of amides is 2. The van der Waals surface area contributed by atoms with Gasteiger partial charge in [-0.25, -0.2) is 0 Å². The molecule has 6 nitrogen and oxygen atoms in total. The molecular weight excluding hydrogens is 316 g/mol. The molecule has 0 radical (unpaired) electrons. The summed E-state index contributed by atoms with van der Waals surface area (Å²) < 4.78 is 0. The largest absolute Gasteiger partial charge is 0.351 e. The van der Waals surface area contributed by atoms with Gasteiger partial charge >= 0.3 is 0 Å². The Morgan fingerprint density at radius 3 is 2.48 bits per heavy atom. The Morgan fingerprint density at radius 1 is 1.16 bits per heavy atom. The Labute approximate surface area is 147 Å². The molecule has 132 valence electrons. The van der Waals surface area contributed by atoms with Gasteiger partial charge in [-0.05, 0) is 42.2 Å². The molecule has 0 bridgehead atoms. The summed E-state index contributed by atoms with van der Waals surface area (Å²) in [7, 11) is 0. The fourth-order valence-corrected chi connectivity index (χ4v) is 2.34. The molecule has 0 aliphatic carbocycles. The van der Waals surface area contributed by atoms with Gasteiger partial charge in [-0.1, -0.05) is 26.0 Å². The molecule has 1 aromatic carbocycles. The fourth-order valence-electron chi connectivity index (χ4n) is 2.34. The van der Waals surface area contributed by atoms with Crippen molar-refractivity contribution in [1.82, 2.24) is 10.3 Å². The van der Waals surface area contributed by atoms with Crippen LogP contribution in [0.3, 0.4) is 0 Å². The van der Waals surface area contributed by atoms with E-state index in [0.717, 1.165) is 5.56 Å². The van der Waals surface area contributed by atoms with E-state index in [1.807, 2.05) is 26.0 Å². The van der Waals surface area contributed by atoms with Crippen LogP contribution in [0.1, 0.15) is 36.2 Å². The van der Waals surface area contributed by atoms with Gasteiger partial charge in [0.15, 0.2) is 0 Å². The number of anilines is 1. The first-order chi connectivity index (χ1) is 12.0. The average Bonchev–Trinajstić information content (AvgIpc) is 2.61. The van der Waals surface area contributed by atoms with E-state index in [2.05, 4.69) is 15.6 Å². The van der Waals surface area contributed by atoms with E-state index in [4.69, 9.17) is 5.73 Å². The molecule has 2 rings (SSSR count). The molecule has 6 heteroatoms. The van der Waals surface area contributed by atoms with Crippen molar-refractivity contribution in [3.8, 4) is 0 Å². The highest BCUT2D eigenvalue weighted by molar-refractivity contribution is 6.04. The van der Waals surface area contributed by atoms with Crippen LogP contribution >= 0.6 is 0 Å². The highest BCUT2D eigenvalue weighted by atomic mass is 16.2. The van der Waals surface area contributed by atoms with E-state index in [9.17, 15) is 9.59 Å². The fraction of sp³-hybridized carbons (Fsp3) is 0.316. The summed E-state index contributed by atoms with van der Waals surface area (Å²) in [4.78, 5) is 27.9. The Bertz CT molecular complexity index is 699. The highest BCUT2D eigenvalue weighted by Crippen LogP contribution is 2.11. The lowest BCUT2D eigenvalue weighted by Crippen LogP contribution is -2.41. The summed E-state index contributed by atoms with van der Waals surface area (Å²) in [6, 6.07) is 10.2. The number of pyridine rings is 1. The summed E-state index contributed by atoms with van der Waals surface area (Å²) >= 11 is 0. The summed E-state index contributed by atoms with van der Waals surface area (Å²) in [5, 5.41) is 5.63. The van der Waals surface area contributed by atoms with E-state index in [1.165, 1.54) is 6.20 Å². The molecule has 0 spiro atoms. The zero-order chi connectivity index (χ0) is 18.2. The molecule has 1 heterocycles. The molecule has 1 aromatic heterocycles. The lowest BCUT2D eigenvalue weighted by molar-refractivity contribution is -0.122. The second-order valence-electron chi connectivity index (χ2n) is 6.35. The Hall–Kier alpha value is -2.73. The van der Waals surface area contributed by atoms with E-state index in [-0.39, 0.29) is 11.8 Å². The molecule has 0 saturated carbocycles. The van der Waals surface area contributed by atoms with Gasteiger partial charge in [-0.2, -0.15) is 0 Å². The molecular formula is C19H24N4O2. The molecule has 4 N–H and O–H groups in total. The topological polar surface area (TPSA) is 97.1 Å². The van der Waals surface area contributed by atoms with Crippen LogP contribution in [0.5, 0.6) is 0 Å². The lowest BCUT2D eigenvalue weighted by Gasteiger charge is -2.14. The first-order valence-electron chi connectivity index (χ1n) is 8.29. The van der Waals surface area contributed by atoms with Gasteiger partial charge in [0.05, 0.1) is 11.6 Å². The number of nitrogens with one attached hydrogen (secondary N) is 2. The quantitative estimate of drug-likeness (QED) is 0.720. The van der Waals surface area contributed by atoms with Crippen LogP contribution in [0, 0.1) is 5.92 Å². The molecule has 0 saturated heterocycles. The smallest absolute Gasteiger partial charge is 0.257 e. The maximum absolute atomic E-state index is 12.1.